The lowest BCUT2D eigenvalue weighted by Gasteiger charge is -2.40. The van der Waals surface area contributed by atoms with E-state index < -0.39 is 47.6 Å². The zero-order valence-electron chi connectivity index (χ0n) is 21.2. The number of aromatic hydroxyl groups is 7. The fourth-order valence-electron chi connectivity index (χ4n) is 5.61. The van der Waals surface area contributed by atoms with E-state index in [2.05, 4.69) is 0 Å². The maximum atomic E-state index is 11.7. The number of phenols is 7. The molecule has 41 heavy (non-hydrogen) atoms. The van der Waals surface area contributed by atoms with Gasteiger partial charge >= 0.3 is 0 Å². The first-order chi connectivity index (χ1) is 19.5. The van der Waals surface area contributed by atoms with Crippen molar-refractivity contribution in [2.45, 2.75) is 36.8 Å². The minimum Gasteiger partial charge on any atom is -0.508 e. The Balaban J connectivity index is 1.53. The maximum absolute atomic E-state index is 11.7. The van der Waals surface area contributed by atoms with Crippen LogP contribution in [0.5, 0.6) is 51.7 Å². The fraction of sp³-hybridized carbons (Fsp3) is 0.200. The summed E-state index contributed by atoms with van der Waals surface area (Å²) in [5.41, 5.74) is 1.19. The van der Waals surface area contributed by atoms with Gasteiger partial charge in [-0.2, -0.15) is 0 Å². The fourth-order valence-corrected chi connectivity index (χ4v) is 5.61. The Labute approximate surface area is 232 Å². The predicted molar refractivity (Wildman–Crippen MR) is 142 cm³/mol. The number of ether oxygens (including phenoxy) is 2. The molecular weight excluding hydrogens is 536 g/mol. The van der Waals surface area contributed by atoms with Crippen molar-refractivity contribution < 1.29 is 55.4 Å². The monoisotopic (exact) mass is 562 g/mol. The molecule has 2 aliphatic rings. The first-order valence-electron chi connectivity index (χ1n) is 12.7. The molecule has 5 atom stereocenters. The summed E-state index contributed by atoms with van der Waals surface area (Å²) in [7, 11) is 0. The average molecular weight is 563 g/mol. The lowest BCUT2D eigenvalue weighted by molar-refractivity contribution is 0.00186. The van der Waals surface area contributed by atoms with Gasteiger partial charge in [0, 0.05) is 41.2 Å². The molecule has 9 N–H and O–H groups in total. The van der Waals surface area contributed by atoms with Crippen molar-refractivity contribution in [2.24, 2.45) is 0 Å². The third-order valence-corrected chi connectivity index (χ3v) is 7.59. The van der Waals surface area contributed by atoms with E-state index in [9.17, 15) is 46.0 Å². The molecule has 0 bridgehead atoms. The number of fused-ring (bicyclic) bond motifs is 2. The van der Waals surface area contributed by atoms with Crippen molar-refractivity contribution in [3.63, 3.8) is 0 Å². The first-order valence-corrected chi connectivity index (χ1v) is 12.7. The molecule has 0 spiro atoms. The molecule has 2 heterocycles. The second kappa shape index (κ2) is 9.58. The standard InChI is InChI=1S/C30H26O11/c31-14-3-4-15-24(9-14)40-29(13-2-6-18(33)21(36)8-13)27(39)25(15)26-22(37)11-19(34)16-10-23(38)28(41-30(16)26)12-1-5-17(32)20(35)7-12/h1-9,11,23,25,27-29,31-39H,10H2/t23-,25+,27-,28+,29+/m0/s1. The zero-order valence-corrected chi connectivity index (χ0v) is 21.2. The maximum Gasteiger partial charge on any atom is 0.157 e. The molecule has 0 unspecified atom stereocenters. The Hall–Kier alpha value is -5.00. The molecule has 0 amide bonds. The SMILES string of the molecule is Oc1ccc2c(c1)O[C@H](c1ccc(O)c(O)c1)[C@@H](O)[C@H]2c1c(O)cc(O)c2c1O[C@H](c1ccc(O)c(O)c1)[C@@H](O)C2. The Morgan fingerprint density at radius 3 is 1.85 bits per heavy atom. The van der Waals surface area contributed by atoms with E-state index >= 15 is 0 Å². The number of benzene rings is 4. The highest BCUT2D eigenvalue weighted by atomic mass is 16.5. The first kappa shape index (κ1) is 26.2. The summed E-state index contributed by atoms with van der Waals surface area (Å²) in [5, 5.41) is 94.4. The van der Waals surface area contributed by atoms with Crippen LogP contribution in [0.4, 0.5) is 0 Å². The van der Waals surface area contributed by atoms with Crippen LogP contribution in [0.1, 0.15) is 45.9 Å². The van der Waals surface area contributed by atoms with Crippen LogP contribution in [-0.4, -0.2) is 58.2 Å². The van der Waals surface area contributed by atoms with Gasteiger partial charge in [0.2, 0.25) is 0 Å². The van der Waals surface area contributed by atoms with Crippen molar-refractivity contribution in [1.29, 1.82) is 0 Å². The Morgan fingerprint density at radius 1 is 0.585 bits per heavy atom. The molecule has 4 aromatic carbocycles. The molecule has 212 valence electrons. The van der Waals surface area contributed by atoms with Crippen LogP contribution in [0.25, 0.3) is 0 Å². The Kier molecular flexibility index (Phi) is 6.13. The summed E-state index contributed by atoms with van der Waals surface area (Å²) in [6, 6.07) is 13.1. The molecule has 0 fully saturated rings. The summed E-state index contributed by atoms with van der Waals surface area (Å²) >= 11 is 0. The van der Waals surface area contributed by atoms with Crippen molar-refractivity contribution in [3.8, 4) is 51.7 Å². The quantitative estimate of drug-likeness (QED) is 0.166. The van der Waals surface area contributed by atoms with Crippen LogP contribution < -0.4 is 9.47 Å². The molecule has 0 aliphatic carbocycles. The molecule has 6 rings (SSSR count). The number of hydrogen-bond acceptors (Lipinski definition) is 11. The van der Waals surface area contributed by atoms with Crippen LogP contribution in [0.2, 0.25) is 0 Å². The van der Waals surface area contributed by atoms with E-state index in [-0.39, 0.29) is 57.6 Å². The second-order valence-electron chi connectivity index (χ2n) is 10.2. The van der Waals surface area contributed by atoms with E-state index in [0.29, 0.717) is 11.1 Å². The third-order valence-electron chi connectivity index (χ3n) is 7.59. The van der Waals surface area contributed by atoms with Gasteiger partial charge in [-0.15, -0.1) is 0 Å². The van der Waals surface area contributed by atoms with Gasteiger partial charge in [0.15, 0.2) is 29.1 Å². The molecule has 0 saturated heterocycles. The minimum absolute atomic E-state index is 0.0114. The summed E-state index contributed by atoms with van der Waals surface area (Å²) in [6.07, 6.45) is -4.97. The van der Waals surface area contributed by atoms with E-state index in [1.54, 1.807) is 0 Å². The molecule has 0 radical (unpaired) electrons. The topological polar surface area (TPSA) is 201 Å². The van der Waals surface area contributed by atoms with Gasteiger partial charge in [0.1, 0.15) is 41.0 Å². The molecule has 0 aromatic heterocycles. The van der Waals surface area contributed by atoms with Crippen LogP contribution in [0.15, 0.2) is 60.7 Å². The van der Waals surface area contributed by atoms with E-state index in [1.807, 2.05) is 0 Å². The van der Waals surface area contributed by atoms with Gasteiger partial charge in [-0.1, -0.05) is 18.2 Å². The van der Waals surface area contributed by atoms with Gasteiger partial charge in [-0.05, 0) is 41.5 Å². The van der Waals surface area contributed by atoms with Gasteiger partial charge in [-0.25, -0.2) is 0 Å². The largest absolute Gasteiger partial charge is 0.508 e. The molecule has 11 heteroatoms. The summed E-state index contributed by atoms with van der Waals surface area (Å²) < 4.78 is 12.2. The van der Waals surface area contributed by atoms with Gasteiger partial charge < -0.3 is 55.4 Å². The molecular formula is C30H26O11. The molecule has 11 nitrogen and oxygen atoms in total. The van der Waals surface area contributed by atoms with Crippen molar-refractivity contribution in [2.75, 3.05) is 0 Å². The zero-order chi connectivity index (χ0) is 29.2. The van der Waals surface area contributed by atoms with Crippen molar-refractivity contribution in [3.05, 3.63) is 88.5 Å². The number of aliphatic hydroxyl groups excluding tert-OH is 2. The smallest absolute Gasteiger partial charge is 0.157 e. The van der Waals surface area contributed by atoms with E-state index in [4.69, 9.17) is 9.47 Å². The van der Waals surface area contributed by atoms with Gasteiger partial charge in [-0.3, -0.25) is 0 Å². The molecule has 0 saturated carbocycles. The normalized spacial score (nSPS) is 23.1. The average Bonchev–Trinajstić information content (AvgIpc) is 2.93. The highest BCUT2D eigenvalue weighted by Gasteiger charge is 2.44. The number of hydrogen-bond donors (Lipinski definition) is 9. The van der Waals surface area contributed by atoms with Crippen LogP contribution in [0, 0.1) is 0 Å². The number of aliphatic hydroxyl groups is 2. The third kappa shape index (κ3) is 4.31. The minimum atomic E-state index is -1.43. The van der Waals surface area contributed by atoms with E-state index in [1.165, 1.54) is 54.6 Å². The van der Waals surface area contributed by atoms with Crippen molar-refractivity contribution in [1.82, 2.24) is 0 Å². The van der Waals surface area contributed by atoms with Crippen molar-refractivity contribution >= 4 is 0 Å². The summed E-state index contributed by atoms with van der Waals surface area (Å²) in [5.74, 6) is -3.45. The van der Waals surface area contributed by atoms with Crippen LogP contribution in [-0.2, 0) is 6.42 Å². The molecule has 4 aromatic rings. The molecule has 2 aliphatic heterocycles. The Bertz CT molecular complexity index is 1670. The van der Waals surface area contributed by atoms with Gasteiger partial charge in [0.25, 0.3) is 0 Å². The number of phenolic OH excluding ortho intramolecular Hbond substituents is 7. The highest BCUT2D eigenvalue weighted by Crippen LogP contribution is 2.55. The summed E-state index contributed by atoms with van der Waals surface area (Å²) in [4.78, 5) is 0. The second-order valence-corrected chi connectivity index (χ2v) is 10.2. The van der Waals surface area contributed by atoms with Gasteiger partial charge in [0.05, 0.1) is 6.10 Å². The highest BCUT2D eigenvalue weighted by molar-refractivity contribution is 5.63. The number of rotatable bonds is 3. The Morgan fingerprint density at radius 2 is 1.22 bits per heavy atom. The van der Waals surface area contributed by atoms with Crippen LogP contribution >= 0.6 is 0 Å². The summed E-state index contributed by atoms with van der Waals surface area (Å²) in [6.45, 7) is 0. The predicted octanol–water partition coefficient (Wildman–Crippen LogP) is 3.29. The lowest BCUT2D eigenvalue weighted by Crippen LogP contribution is -2.36. The lowest BCUT2D eigenvalue weighted by atomic mass is 9.78. The van der Waals surface area contributed by atoms with Crippen LogP contribution in [0.3, 0.4) is 0 Å². The van der Waals surface area contributed by atoms with E-state index in [0.717, 1.165) is 6.07 Å².